The van der Waals surface area contributed by atoms with Gasteiger partial charge in [-0.15, -0.1) is 0 Å². The van der Waals surface area contributed by atoms with Crippen molar-refractivity contribution in [1.82, 2.24) is 5.32 Å². The lowest BCUT2D eigenvalue weighted by atomic mass is 10.3. The molecule has 20 heavy (non-hydrogen) atoms. The van der Waals surface area contributed by atoms with E-state index in [1.165, 1.54) is 13.2 Å². The first-order chi connectivity index (χ1) is 9.56. The van der Waals surface area contributed by atoms with E-state index in [-0.39, 0.29) is 5.09 Å². The van der Waals surface area contributed by atoms with Gasteiger partial charge in [-0.2, -0.15) is 8.42 Å². The van der Waals surface area contributed by atoms with Gasteiger partial charge in [-0.05, 0) is 31.3 Å². The number of hydrogen-bond acceptors (Lipinski definition) is 5. The number of methoxy groups -OCH3 is 1. The van der Waals surface area contributed by atoms with E-state index in [1.807, 2.05) is 0 Å². The van der Waals surface area contributed by atoms with E-state index in [9.17, 15) is 8.42 Å². The smallest absolute Gasteiger partial charge is 0.295 e. The van der Waals surface area contributed by atoms with Gasteiger partial charge in [0.15, 0.2) is 0 Å². The third-order valence-electron chi connectivity index (χ3n) is 2.60. The third kappa shape index (κ3) is 3.12. The monoisotopic (exact) mass is 296 g/mol. The van der Waals surface area contributed by atoms with Crippen LogP contribution in [0.4, 0.5) is 5.69 Å². The number of nitrogens with one attached hydrogen (secondary N) is 2. The minimum Gasteiger partial charge on any atom is -0.495 e. The quantitative estimate of drug-likeness (QED) is 0.849. The standard InChI is InChI=1S/C13H16N2O4S/c1-14-9-10-7-8-13(19-10)20(16,17)15-11-5-3-4-6-12(11)18-2/h3-8,14-15H,9H2,1-2H3. The summed E-state index contributed by atoms with van der Waals surface area (Å²) >= 11 is 0. The number of ether oxygens (including phenoxy) is 1. The van der Waals surface area contributed by atoms with Gasteiger partial charge < -0.3 is 14.5 Å². The van der Waals surface area contributed by atoms with Crippen molar-refractivity contribution in [3.05, 3.63) is 42.2 Å². The van der Waals surface area contributed by atoms with E-state index in [4.69, 9.17) is 9.15 Å². The van der Waals surface area contributed by atoms with Crippen LogP contribution in [0.15, 0.2) is 45.9 Å². The van der Waals surface area contributed by atoms with Gasteiger partial charge in [0.25, 0.3) is 10.0 Å². The number of anilines is 1. The Hall–Kier alpha value is -1.99. The lowest BCUT2D eigenvalue weighted by molar-refractivity contribution is 0.407. The van der Waals surface area contributed by atoms with Crippen LogP contribution in [-0.4, -0.2) is 22.6 Å². The van der Waals surface area contributed by atoms with Gasteiger partial charge in [-0.1, -0.05) is 12.1 Å². The SMILES string of the molecule is CNCc1ccc(S(=O)(=O)Nc2ccccc2OC)o1. The average molecular weight is 296 g/mol. The van der Waals surface area contributed by atoms with E-state index in [1.54, 1.807) is 37.4 Å². The summed E-state index contributed by atoms with van der Waals surface area (Å²) in [5, 5.41) is 2.76. The summed E-state index contributed by atoms with van der Waals surface area (Å²) in [5.41, 5.74) is 0.363. The summed E-state index contributed by atoms with van der Waals surface area (Å²) in [4.78, 5) is 0. The maximum Gasteiger partial charge on any atom is 0.295 e. The minimum absolute atomic E-state index is 0.131. The molecule has 2 N–H and O–H groups in total. The molecule has 2 rings (SSSR count). The molecule has 0 atom stereocenters. The topological polar surface area (TPSA) is 80.6 Å². The second-order valence-corrected chi connectivity index (χ2v) is 5.67. The van der Waals surface area contributed by atoms with Crippen LogP contribution in [0.2, 0.25) is 0 Å². The number of rotatable bonds is 6. The van der Waals surface area contributed by atoms with E-state index >= 15 is 0 Å². The third-order valence-corrected chi connectivity index (χ3v) is 3.84. The molecule has 0 saturated heterocycles. The lowest BCUT2D eigenvalue weighted by Crippen LogP contribution is -2.13. The summed E-state index contributed by atoms with van der Waals surface area (Å²) in [6, 6.07) is 9.81. The fourth-order valence-electron chi connectivity index (χ4n) is 1.70. The zero-order chi connectivity index (χ0) is 14.6. The number of sulfonamides is 1. The van der Waals surface area contributed by atoms with Crippen molar-refractivity contribution in [2.45, 2.75) is 11.6 Å². The van der Waals surface area contributed by atoms with Crippen LogP contribution in [0.1, 0.15) is 5.76 Å². The minimum atomic E-state index is -3.77. The molecule has 0 aliphatic heterocycles. The van der Waals surface area contributed by atoms with Crippen molar-refractivity contribution in [2.24, 2.45) is 0 Å². The molecule has 0 unspecified atom stereocenters. The second kappa shape index (κ2) is 5.98. The van der Waals surface area contributed by atoms with Crippen LogP contribution < -0.4 is 14.8 Å². The highest BCUT2D eigenvalue weighted by Crippen LogP contribution is 2.26. The van der Waals surface area contributed by atoms with Crippen LogP contribution >= 0.6 is 0 Å². The summed E-state index contributed by atoms with van der Waals surface area (Å²) < 4.78 is 37.2. The van der Waals surface area contributed by atoms with Crippen LogP contribution in [0, 0.1) is 0 Å². The van der Waals surface area contributed by atoms with E-state index in [0.29, 0.717) is 23.7 Å². The van der Waals surface area contributed by atoms with Crippen molar-refractivity contribution in [2.75, 3.05) is 18.9 Å². The molecule has 0 aliphatic rings. The molecule has 0 spiro atoms. The fraction of sp³-hybridized carbons (Fsp3) is 0.231. The van der Waals surface area contributed by atoms with Gasteiger partial charge in [0.05, 0.1) is 19.3 Å². The lowest BCUT2D eigenvalue weighted by Gasteiger charge is -2.09. The van der Waals surface area contributed by atoms with Crippen molar-refractivity contribution < 1.29 is 17.6 Å². The van der Waals surface area contributed by atoms with Gasteiger partial charge >= 0.3 is 0 Å². The fourth-order valence-corrected chi connectivity index (χ4v) is 2.72. The average Bonchev–Trinajstić information content (AvgIpc) is 2.89. The largest absolute Gasteiger partial charge is 0.495 e. The van der Waals surface area contributed by atoms with Crippen molar-refractivity contribution >= 4 is 15.7 Å². The maximum absolute atomic E-state index is 12.2. The number of furan rings is 1. The Morgan fingerprint density at radius 1 is 1.20 bits per heavy atom. The Labute approximate surface area is 117 Å². The summed E-state index contributed by atoms with van der Waals surface area (Å²) in [6.45, 7) is 0.462. The van der Waals surface area contributed by atoms with E-state index in [0.717, 1.165) is 0 Å². The first-order valence-corrected chi connectivity index (χ1v) is 7.44. The van der Waals surface area contributed by atoms with Crippen LogP contribution in [0.5, 0.6) is 5.75 Å². The highest BCUT2D eigenvalue weighted by atomic mass is 32.2. The van der Waals surface area contributed by atoms with Gasteiger partial charge in [-0.3, -0.25) is 4.72 Å². The van der Waals surface area contributed by atoms with Gasteiger partial charge in [0, 0.05) is 0 Å². The first-order valence-electron chi connectivity index (χ1n) is 5.96. The second-order valence-electron chi connectivity index (χ2n) is 4.06. The Kier molecular flexibility index (Phi) is 4.31. The number of benzene rings is 1. The Morgan fingerprint density at radius 2 is 1.95 bits per heavy atom. The molecule has 0 amide bonds. The summed E-state index contributed by atoms with van der Waals surface area (Å²) in [7, 11) is -0.537. The Bertz CT molecular complexity index is 679. The summed E-state index contributed by atoms with van der Waals surface area (Å²) in [5.74, 6) is 0.992. The molecular weight excluding hydrogens is 280 g/mol. The molecule has 6 nitrogen and oxygen atoms in total. The zero-order valence-electron chi connectivity index (χ0n) is 11.2. The molecule has 0 aliphatic carbocycles. The van der Waals surface area contributed by atoms with Gasteiger partial charge in [0.2, 0.25) is 5.09 Å². The molecule has 2 aromatic rings. The van der Waals surface area contributed by atoms with Gasteiger partial charge in [-0.25, -0.2) is 0 Å². The van der Waals surface area contributed by atoms with E-state index < -0.39 is 10.0 Å². The van der Waals surface area contributed by atoms with Crippen LogP contribution in [0.3, 0.4) is 0 Å². The van der Waals surface area contributed by atoms with Crippen LogP contribution in [0.25, 0.3) is 0 Å². The molecule has 108 valence electrons. The maximum atomic E-state index is 12.2. The zero-order valence-corrected chi connectivity index (χ0v) is 12.0. The Balaban J connectivity index is 2.26. The van der Waals surface area contributed by atoms with Crippen molar-refractivity contribution in [1.29, 1.82) is 0 Å². The van der Waals surface area contributed by atoms with E-state index in [2.05, 4.69) is 10.0 Å². The first kappa shape index (κ1) is 14.4. The molecule has 0 radical (unpaired) electrons. The molecule has 1 aromatic heterocycles. The predicted octanol–water partition coefficient (Wildman–Crippen LogP) is 1.81. The predicted molar refractivity (Wildman–Crippen MR) is 75.3 cm³/mol. The molecular formula is C13H16N2O4S. The molecule has 0 bridgehead atoms. The van der Waals surface area contributed by atoms with Crippen LogP contribution in [-0.2, 0) is 16.6 Å². The van der Waals surface area contributed by atoms with Gasteiger partial charge in [0.1, 0.15) is 11.5 Å². The van der Waals surface area contributed by atoms with Crippen molar-refractivity contribution in [3.8, 4) is 5.75 Å². The highest BCUT2D eigenvalue weighted by molar-refractivity contribution is 7.92. The summed E-state index contributed by atoms with van der Waals surface area (Å²) in [6.07, 6.45) is 0. The molecule has 0 saturated carbocycles. The number of hydrogen-bond donors (Lipinski definition) is 2. The Morgan fingerprint density at radius 3 is 2.65 bits per heavy atom. The number of para-hydroxylation sites is 2. The normalized spacial score (nSPS) is 11.3. The van der Waals surface area contributed by atoms with Crippen molar-refractivity contribution in [3.63, 3.8) is 0 Å². The molecule has 1 heterocycles. The molecule has 7 heteroatoms. The molecule has 0 fully saturated rings. The molecule has 1 aromatic carbocycles. The highest BCUT2D eigenvalue weighted by Gasteiger charge is 2.20.